The van der Waals surface area contributed by atoms with Gasteiger partial charge in [0.15, 0.2) is 5.82 Å². The molecule has 0 spiro atoms. The van der Waals surface area contributed by atoms with Crippen molar-refractivity contribution in [3.05, 3.63) is 77.9 Å². The predicted molar refractivity (Wildman–Crippen MR) is 126 cm³/mol. The summed E-state index contributed by atoms with van der Waals surface area (Å²) in [6.07, 6.45) is 2.82. The summed E-state index contributed by atoms with van der Waals surface area (Å²) >= 11 is 0. The minimum atomic E-state index is -3.77. The molecule has 2 aromatic carbocycles. The van der Waals surface area contributed by atoms with E-state index in [1.165, 1.54) is 16.4 Å². The number of amides is 1. The molecule has 0 bridgehead atoms. The second-order valence-electron chi connectivity index (χ2n) is 8.33. The number of nitrogens with one attached hydrogen (secondary N) is 1. The second kappa shape index (κ2) is 9.49. The summed E-state index contributed by atoms with van der Waals surface area (Å²) in [5.41, 5.74) is 1.13. The highest BCUT2D eigenvalue weighted by atomic mass is 32.2. The number of ketones is 1. The Hall–Kier alpha value is -3.34. The molecule has 4 rings (SSSR count). The molecule has 2 atom stereocenters. The number of nitrogens with zero attached hydrogens (tertiary/aromatic N) is 3. The van der Waals surface area contributed by atoms with E-state index in [2.05, 4.69) is 10.3 Å². The number of hydrogen-bond donors (Lipinski definition) is 1. The number of benzene rings is 2. The van der Waals surface area contributed by atoms with Crippen molar-refractivity contribution in [2.45, 2.75) is 31.0 Å². The van der Waals surface area contributed by atoms with Crippen molar-refractivity contribution in [1.82, 2.24) is 13.9 Å². The minimum absolute atomic E-state index is 0.0532. The van der Waals surface area contributed by atoms with Gasteiger partial charge in [0.1, 0.15) is 0 Å². The standard InChI is InChI=1S/C24H26N4O5S/c1-16-14-28(15-17(2)33-16)34(31,32)21-6-4-5-19(13-21)24(30)26-20-9-7-18(8-10-20)22(29)23-25-11-12-27(23)3/h4-13,16-17H,14-15H2,1-3H3,(H,26,30)/t16-,17-/m1/s1. The lowest BCUT2D eigenvalue weighted by Crippen LogP contribution is -2.48. The van der Waals surface area contributed by atoms with Crippen molar-refractivity contribution in [2.75, 3.05) is 18.4 Å². The molecular weight excluding hydrogens is 456 g/mol. The van der Waals surface area contributed by atoms with Gasteiger partial charge in [0, 0.05) is 49.3 Å². The first-order chi connectivity index (χ1) is 16.1. The molecule has 1 aliphatic rings. The van der Waals surface area contributed by atoms with Crippen molar-refractivity contribution in [1.29, 1.82) is 0 Å². The molecular formula is C24H26N4O5S. The minimum Gasteiger partial charge on any atom is -0.373 e. The normalized spacial score (nSPS) is 19.0. The number of ether oxygens (including phenoxy) is 1. The quantitative estimate of drug-likeness (QED) is 0.541. The molecule has 1 aliphatic heterocycles. The second-order valence-corrected chi connectivity index (χ2v) is 10.3. The van der Waals surface area contributed by atoms with Crippen LogP contribution in [0.1, 0.15) is 40.4 Å². The van der Waals surface area contributed by atoms with Gasteiger partial charge in [0.05, 0.1) is 17.1 Å². The number of morpholine rings is 1. The number of aryl methyl sites for hydroxylation is 1. The lowest BCUT2D eigenvalue weighted by molar-refractivity contribution is -0.0440. The van der Waals surface area contributed by atoms with E-state index in [1.54, 1.807) is 60.4 Å². The Kier molecular flexibility index (Phi) is 6.65. The van der Waals surface area contributed by atoms with Crippen molar-refractivity contribution in [2.24, 2.45) is 7.05 Å². The fourth-order valence-electron chi connectivity index (χ4n) is 3.90. The zero-order valence-corrected chi connectivity index (χ0v) is 20.0. The molecule has 9 nitrogen and oxygen atoms in total. The van der Waals surface area contributed by atoms with Gasteiger partial charge in [-0.25, -0.2) is 13.4 Å². The largest absolute Gasteiger partial charge is 0.373 e. The molecule has 0 radical (unpaired) electrons. The number of sulfonamides is 1. The van der Waals surface area contributed by atoms with E-state index in [4.69, 9.17) is 4.74 Å². The number of carbonyl (C=O) groups excluding carboxylic acids is 2. The molecule has 1 saturated heterocycles. The summed E-state index contributed by atoms with van der Waals surface area (Å²) in [6.45, 7) is 4.17. The van der Waals surface area contributed by atoms with Crippen molar-refractivity contribution >= 4 is 27.4 Å². The monoisotopic (exact) mass is 482 g/mol. The Morgan fingerprint density at radius 3 is 2.32 bits per heavy atom. The van der Waals surface area contributed by atoms with Crippen LogP contribution in [0.15, 0.2) is 65.8 Å². The smallest absolute Gasteiger partial charge is 0.255 e. The molecule has 3 aromatic rings. The highest BCUT2D eigenvalue weighted by Gasteiger charge is 2.32. The third-order valence-electron chi connectivity index (χ3n) is 5.55. The molecule has 178 valence electrons. The van der Waals surface area contributed by atoms with Crippen LogP contribution < -0.4 is 5.32 Å². The Morgan fingerprint density at radius 2 is 1.71 bits per heavy atom. The summed E-state index contributed by atoms with van der Waals surface area (Å²) in [6, 6.07) is 12.4. The molecule has 34 heavy (non-hydrogen) atoms. The fourth-order valence-corrected chi connectivity index (χ4v) is 5.53. The number of aromatic nitrogens is 2. The van der Waals surface area contributed by atoms with Gasteiger partial charge >= 0.3 is 0 Å². The van der Waals surface area contributed by atoms with Gasteiger partial charge in [0.25, 0.3) is 5.91 Å². The topological polar surface area (TPSA) is 111 Å². The van der Waals surface area contributed by atoms with Crippen LogP contribution in [-0.2, 0) is 21.8 Å². The molecule has 1 amide bonds. The summed E-state index contributed by atoms with van der Waals surface area (Å²) in [5, 5.41) is 2.74. The van der Waals surface area contributed by atoms with E-state index in [9.17, 15) is 18.0 Å². The van der Waals surface area contributed by atoms with Crippen LogP contribution in [0.3, 0.4) is 0 Å². The maximum atomic E-state index is 13.1. The SMILES string of the molecule is C[C@@H]1CN(S(=O)(=O)c2cccc(C(=O)Nc3ccc(C(=O)c4nccn4C)cc3)c2)C[C@@H](C)O1. The van der Waals surface area contributed by atoms with Crippen LogP contribution in [0.2, 0.25) is 0 Å². The molecule has 2 heterocycles. The predicted octanol–water partition coefficient (Wildman–Crippen LogP) is 2.70. The van der Waals surface area contributed by atoms with Gasteiger partial charge in [-0.3, -0.25) is 9.59 Å². The van der Waals surface area contributed by atoms with Crippen LogP contribution in [-0.4, -0.2) is 59.3 Å². The molecule has 0 unspecified atom stereocenters. The molecule has 1 aromatic heterocycles. The van der Waals surface area contributed by atoms with Crippen LogP contribution in [0.5, 0.6) is 0 Å². The number of hydrogen-bond acceptors (Lipinski definition) is 6. The van der Waals surface area contributed by atoms with E-state index >= 15 is 0 Å². The van der Waals surface area contributed by atoms with E-state index in [0.717, 1.165) is 0 Å². The number of imidazole rings is 1. The van der Waals surface area contributed by atoms with E-state index in [1.807, 2.05) is 13.8 Å². The lowest BCUT2D eigenvalue weighted by Gasteiger charge is -2.34. The molecule has 1 N–H and O–H groups in total. The molecule has 1 fully saturated rings. The van der Waals surface area contributed by atoms with Crippen LogP contribution in [0.25, 0.3) is 0 Å². The van der Waals surface area contributed by atoms with Crippen LogP contribution in [0, 0.1) is 0 Å². The zero-order valence-electron chi connectivity index (χ0n) is 19.1. The van der Waals surface area contributed by atoms with Gasteiger partial charge in [-0.2, -0.15) is 4.31 Å². The van der Waals surface area contributed by atoms with Crippen LogP contribution in [0.4, 0.5) is 5.69 Å². The molecule has 0 saturated carbocycles. The van der Waals surface area contributed by atoms with E-state index < -0.39 is 15.9 Å². The highest BCUT2D eigenvalue weighted by Crippen LogP contribution is 2.22. The zero-order chi connectivity index (χ0) is 24.5. The first-order valence-corrected chi connectivity index (χ1v) is 12.3. The first-order valence-electron chi connectivity index (χ1n) is 10.8. The number of anilines is 1. The van der Waals surface area contributed by atoms with E-state index in [-0.39, 0.29) is 41.5 Å². The number of carbonyl (C=O) groups is 2. The Balaban J connectivity index is 1.48. The van der Waals surface area contributed by atoms with Crippen molar-refractivity contribution in [3.8, 4) is 0 Å². The third kappa shape index (κ3) is 4.93. The number of rotatable bonds is 6. The summed E-state index contributed by atoms with van der Waals surface area (Å²) < 4.78 is 34.9. The Labute approximate surface area is 198 Å². The van der Waals surface area contributed by atoms with Crippen LogP contribution >= 0.6 is 0 Å². The van der Waals surface area contributed by atoms with Crippen molar-refractivity contribution in [3.63, 3.8) is 0 Å². The maximum Gasteiger partial charge on any atom is 0.255 e. The van der Waals surface area contributed by atoms with Gasteiger partial charge in [-0.05, 0) is 56.3 Å². The van der Waals surface area contributed by atoms with Gasteiger partial charge in [-0.15, -0.1) is 0 Å². The lowest BCUT2D eigenvalue weighted by atomic mass is 10.1. The van der Waals surface area contributed by atoms with Gasteiger partial charge in [-0.1, -0.05) is 6.07 Å². The summed E-state index contributed by atoms with van der Waals surface area (Å²) in [4.78, 5) is 29.5. The summed E-state index contributed by atoms with van der Waals surface area (Å²) in [5.74, 6) is -0.363. The van der Waals surface area contributed by atoms with E-state index in [0.29, 0.717) is 17.1 Å². The van der Waals surface area contributed by atoms with Gasteiger partial charge in [0.2, 0.25) is 15.8 Å². The maximum absolute atomic E-state index is 13.1. The Bertz CT molecular complexity index is 1310. The third-order valence-corrected chi connectivity index (χ3v) is 7.38. The fraction of sp³-hybridized carbons (Fsp3) is 0.292. The molecule has 0 aliphatic carbocycles. The Morgan fingerprint density at radius 1 is 1.03 bits per heavy atom. The average molecular weight is 483 g/mol. The molecule has 10 heteroatoms. The van der Waals surface area contributed by atoms with Gasteiger partial charge < -0.3 is 14.6 Å². The first kappa shape index (κ1) is 23.8. The average Bonchev–Trinajstić information content (AvgIpc) is 3.24. The van der Waals surface area contributed by atoms with Crippen molar-refractivity contribution < 1.29 is 22.7 Å². The highest BCUT2D eigenvalue weighted by molar-refractivity contribution is 7.89. The summed E-state index contributed by atoms with van der Waals surface area (Å²) in [7, 11) is -2.03.